The van der Waals surface area contributed by atoms with E-state index in [0.29, 0.717) is 6.04 Å². The van der Waals surface area contributed by atoms with Crippen LogP contribution in [0.3, 0.4) is 0 Å². The number of nitrogens with one attached hydrogen (secondary N) is 1. The molecule has 7 nitrogen and oxygen atoms in total. The number of nitrogens with zero attached hydrogens (tertiary/aromatic N) is 5. The maximum atomic E-state index is 12.3. The lowest BCUT2D eigenvalue weighted by molar-refractivity contribution is -0.126. The smallest absolute Gasteiger partial charge is 0.237 e. The van der Waals surface area contributed by atoms with E-state index in [1.165, 1.54) is 11.3 Å². The summed E-state index contributed by atoms with van der Waals surface area (Å²) in [7, 11) is 2.15. The van der Waals surface area contributed by atoms with E-state index in [-0.39, 0.29) is 11.9 Å². The molecule has 2 aliphatic heterocycles. The van der Waals surface area contributed by atoms with Gasteiger partial charge < -0.3 is 15.1 Å². The molecule has 0 aromatic carbocycles. The standard InChI is InChI=1S/C18H28N6O/c1-13(18(25)21-14-3-4-14)23-7-9-24(10-8-23)17-15-11-22(2)6-5-16(15)19-12-20-17/h12-14H,3-11H2,1-2H3,(H,21,25). The number of likely N-dealkylation sites (N-methyl/N-ethyl adjacent to an activating group) is 1. The SMILES string of the molecule is CC(C(=O)NC1CC1)N1CCN(c2ncnc3c2CN(C)CC3)CC1. The molecule has 1 aromatic heterocycles. The Morgan fingerprint density at radius 2 is 1.96 bits per heavy atom. The molecule has 1 saturated carbocycles. The first kappa shape index (κ1) is 16.7. The minimum atomic E-state index is -0.0480. The molecule has 1 N–H and O–H groups in total. The van der Waals surface area contributed by atoms with Crippen LogP contribution in [0.5, 0.6) is 0 Å². The van der Waals surface area contributed by atoms with Crippen LogP contribution in [0.15, 0.2) is 6.33 Å². The van der Waals surface area contributed by atoms with Crippen LogP contribution in [0.25, 0.3) is 0 Å². The van der Waals surface area contributed by atoms with Gasteiger partial charge >= 0.3 is 0 Å². The van der Waals surface area contributed by atoms with Gasteiger partial charge in [0.1, 0.15) is 12.1 Å². The summed E-state index contributed by atoms with van der Waals surface area (Å²) in [4.78, 5) is 28.3. The van der Waals surface area contributed by atoms with Crippen LogP contribution in [-0.2, 0) is 17.8 Å². The van der Waals surface area contributed by atoms with E-state index in [9.17, 15) is 4.79 Å². The molecule has 4 rings (SSSR count). The zero-order valence-electron chi connectivity index (χ0n) is 15.2. The Morgan fingerprint density at radius 1 is 1.20 bits per heavy atom. The highest BCUT2D eigenvalue weighted by molar-refractivity contribution is 5.81. The fraction of sp³-hybridized carbons (Fsp3) is 0.722. The molecular formula is C18H28N6O. The number of hydrogen-bond acceptors (Lipinski definition) is 6. The van der Waals surface area contributed by atoms with Gasteiger partial charge in [0.15, 0.2) is 0 Å². The minimum Gasteiger partial charge on any atom is -0.354 e. The molecular weight excluding hydrogens is 316 g/mol. The highest BCUT2D eigenvalue weighted by Crippen LogP contribution is 2.26. The van der Waals surface area contributed by atoms with E-state index in [4.69, 9.17) is 0 Å². The zero-order chi connectivity index (χ0) is 17.4. The minimum absolute atomic E-state index is 0.0480. The van der Waals surface area contributed by atoms with E-state index in [1.807, 2.05) is 6.92 Å². The maximum absolute atomic E-state index is 12.3. The lowest BCUT2D eigenvalue weighted by Crippen LogP contribution is -2.54. The van der Waals surface area contributed by atoms with Crippen molar-refractivity contribution in [1.29, 1.82) is 0 Å². The maximum Gasteiger partial charge on any atom is 0.237 e. The van der Waals surface area contributed by atoms with Crippen LogP contribution in [0.1, 0.15) is 31.0 Å². The number of anilines is 1. The van der Waals surface area contributed by atoms with Crippen LogP contribution in [-0.4, -0.2) is 77.5 Å². The first-order chi connectivity index (χ1) is 12.1. The largest absolute Gasteiger partial charge is 0.354 e. The lowest BCUT2D eigenvalue weighted by Gasteiger charge is -2.39. The number of rotatable bonds is 4. The molecule has 1 saturated heterocycles. The zero-order valence-corrected chi connectivity index (χ0v) is 15.2. The number of aromatic nitrogens is 2. The van der Waals surface area contributed by atoms with Crippen LogP contribution in [0.4, 0.5) is 5.82 Å². The molecule has 0 radical (unpaired) electrons. The fourth-order valence-corrected chi connectivity index (χ4v) is 3.77. The Balaban J connectivity index is 1.39. The van der Waals surface area contributed by atoms with Crippen molar-refractivity contribution in [2.45, 2.75) is 44.8 Å². The van der Waals surface area contributed by atoms with E-state index in [1.54, 1.807) is 6.33 Å². The Morgan fingerprint density at radius 3 is 2.68 bits per heavy atom. The average Bonchev–Trinajstić information content (AvgIpc) is 3.44. The summed E-state index contributed by atoms with van der Waals surface area (Å²) in [6, 6.07) is 0.383. The van der Waals surface area contributed by atoms with Crippen molar-refractivity contribution in [3.63, 3.8) is 0 Å². The number of carbonyl (C=O) groups is 1. The van der Waals surface area contributed by atoms with Gasteiger partial charge in [-0.3, -0.25) is 9.69 Å². The predicted molar refractivity (Wildman–Crippen MR) is 96.5 cm³/mol. The Kier molecular flexibility index (Phi) is 4.60. The van der Waals surface area contributed by atoms with Gasteiger partial charge in [-0.15, -0.1) is 0 Å². The van der Waals surface area contributed by atoms with E-state index in [0.717, 1.165) is 64.3 Å². The second-order valence-corrected chi connectivity index (χ2v) is 7.59. The Hall–Kier alpha value is -1.73. The second-order valence-electron chi connectivity index (χ2n) is 7.59. The molecule has 0 spiro atoms. The van der Waals surface area contributed by atoms with E-state index < -0.39 is 0 Å². The molecule has 1 aliphatic carbocycles. The summed E-state index contributed by atoms with van der Waals surface area (Å²) < 4.78 is 0. The van der Waals surface area contributed by atoms with Crippen molar-refractivity contribution in [1.82, 2.24) is 25.1 Å². The Labute approximate surface area is 149 Å². The average molecular weight is 344 g/mol. The summed E-state index contributed by atoms with van der Waals surface area (Å²) in [5, 5.41) is 3.12. The van der Waals surface area contributed by atoms with Crippen molar-refractivity contribution >= 4 is 11.7 Å². The van der Waals surface area contributed by atoms with Gasteiger partial charge in [-0.1, -0.05) is 0 Å². The molecule has 1 unspecified atom stereocenters. The van der Waals surface area contributed by atoms with Crippen molar-refractivity contribution < 1.29 is 4.79 Å². The van der Waals surface area contributed by atoms with Gasteiger partial charge in [-0.2, -0.15) is 0 Å². The summed E-state index contributed by atoms with van der Waals surface area (Å²) >= 11 is 0. The highest BCUT2D eigenvalue weighted by atomic mass is 16.2. The van der Waals surface area contributed by atoms with Crippen molar-refractivity contribution in [2.75, 3.05) is 44.7 Å². The molecule has 0 bridgehead atoms. The van der Waals surface area contributed by atoms with Gasteiger partial charge in [0.25, 0.3) is 0 Å². The summed E-state index contributed by atoms with van der Waals surface area (Å²) in [6.07, 6.45) is 4.98. The lowest BCUT2D eigenvalue weighted by atomic mass is 10.1. The molecule has 136 valence electrons. The summed E-state index contributed by atoms with van der Waals surface area (Å²) in [6.45, 7) is 7.62. The first-order valence-electron chi connectivity index (χ1n) is 9.42. The third kappa shape index (κ3) is 3.62. The second kappa shape index (κ2) is 6.88. The first-order valence-corrected chi connectivity index (χ1v) is 9.42. The van der Waals surface area contributed by atoms with Crippen molar-refractivity contribution in [2.24, 2.45) is 0 Å². The summed E-state index contributed by atoms with van der Waals surface area (Å²) in [5.74, 6) is 1.27. The molecule has 1 aromatic rings. The van der Waals surface area contributed by atoms with Crippen LogP contribution in [0.2, 0.25) is 0 Å². The van der Waals surface area contributed by atoms with Gasteiger partial charge in [0, 0.05) is 57.3 Å². The van der Waals surface area contributed by atoms with E-state index in [2.05, 4.69) is 37.0 Å². The third-order valence-corrected chi connectivity index (χ3v) is 5.63. The number of carbonyl (C=O) groups excluding carboxylic acids is 1. The summed E-state index contributed by atoms with van der Waals surface area (Å²) in [5.41, 5.74) is 2.48. The predicted octanol–water partition coefficient (Wildman–Crippen LogP) is 0.254. The molecule has 2 fully saturated rings. The molecule has 25 heavy (non-hydrogen) atoms. The van der Waals surface area contributed by atoms with Crippen molar-refractivity contribution in [3.05, 3.63) is 17.6 Å². The molecule has 1 atom stereocenters. The number of hydrogen-bond donors (Lipinski definition) is 1. The van der Waals surface area contributed by atoms with Crippen LogP contribution < -0.4 is 10.2 Å². The number of fused-ring (bicyclic) bond motifs is 1. The van der Waals surface area contributed by atoms with E-state index >= 15 is 0 Å². The molecule has 7 heteroatoms. The van der Waals surface area contributed by atoms with Crippen LogP contribution >= 0.6 is 0 Å². The number of piperazine rings is 1. The van der Waals surface area contributed by atoms with Gasteiger partial charge in [-0.05, 0) is 26.8 Å². The van der Waals surface area contributed by atoms with Crippen molar-refractivity contribution in [3.8, 4) is 0 Å². The van der Waals surface area contributed by atoms with Gasteiger partial charge in [0.2, 0.25) is 5.91 Å². The quantitative estimate of drug-likeness (QED) is 0.845. The number of amides is 1. The molecule has 1 amide bonds. The van der Waals surface area contributed by atoms with Crippen LogP contribution in [0, 0.1) is 0 Å². The molecule has 3 aliphatic rings. The van der Waals surface area contributed by atoms with Gasteiger partial charge in [0.05, 0.1) is 11.7 Å². The fourth-order valence-electron chi connectivity index (χ4n) is 3.77. The Bertz CT molecular complexity index is 638. The monoisotopic (exact) mass is 344 g/mol. The normalized spacial score (nSPS) is 23.2. The van der Waals surface area contributed by atoms with Gasteiger partial charge in [-0.25, -0.2) is 9.97 Å². The topological polar surface area (TPSA) is 64.6 Å². The highest BCUT2D eigenvalue weighted by Gasteiger charge is 2.31. The third-order valence-electron chi connectivity index (χ3n) is 5.63. The molecule has 3 heterocycles.